The fourth-order valence-electron chi connectivity index (χ4n) is 3.15. The molecule has 2 rings (SSSR count). The smallest absolute Gasteiger partial charge is 0.123 e. The van der Waals surface area contributed by atoms with Crippen LogP contribution in [0.4, 0.5) is 5.69 Å². The minimum absolute atomic E-state index is 0.702. The van der Waals surface area contributed by atoms with Crippen molar-refractivity contribution in [2.24, 2.45) is 0 Å². The Morgan fingerprint density at radius 2 is 2.10 bits per heavy atom. The van der Waals surface area contributed by atoms with E-state index in [4.69, 9.17) is 10.5 Å². The largest absolute Gasteiger partial charge is 0.494 e. The van der Waals surface area contributed by atoms with Gasteiger partial charge in [0.2, 0.25) is 0 Å². The van der Waals surface area contributed by atoms with E-state index in [2.05, 4.69) is 17.9 Å². The maximum Gasteiger partial charge on any atom is 0.123 e. The zero-order valence-electron chi connectivity index (χ0n) is 12.9. The molecule has 1 aromatic carbocycles. The van der Waals surface area contributed by atoms with Gasteiger partial charge in [-0.05, 0) is 50.9 Å². The van der Waals surface area contributed by atoms with Crippen LogP contribution in [-0.2, 0) is 6.54 Å². The number of ether oxygens (including phenoxy) is 1. The summed E-state index contributed by atoms with van der Waals surface area (Å²) < 4.78 is 5.75. The molecule has 0 aromatic heterocycles. The summed E-state index contributed by atoms with van der Waals surface area (Å²) in [5.74, 6) is 0.987. The molecule has 0 spiro atoms. The standard InChI is InChI=1S/C17H28N2O/c1-3-16-8-6-5-7-11-19(16)13-14-12-15(18)9-10-17(14)20-4-2/h9-10,12,16H,3-8,11,13,18H2,1-2H3. The van der Waals surface area contributed by atoms with E-state index < -0.39 is 0 Å². The first-order valence-corrected chi connectivity index (χ1v) is 7.99. The van der Waals surface area contributed by atoms with Crippen molar-refractivity contribution < 1.29 is 4.74 Å². The second-order valence-electron chi connectivity index (χ2n) is 5.68. The van der Waals surface area contributed by atoms with Crippen LogP contribution in [0.5, 0.6) is 5.75 Å². The topological polar surface area (TPSA) is 38.5 Å². The van der Waals surface area contributed by atoms with Crippen molar-refractivity contribution >= 4 is 5.69 Å². The van der Waals surface area contributed by atoms with E-state index in [0.717, 1.165) is 18.0 Å². The van der Waals surface area contributed by atoms with Crippen LogP contribution in [0.15, 0.2) is 18.2 Å². The summed E-state index contributed by atoms with van der Waals surface area (Å²) in [5, 5.41) is 0. The Balaban J connectivity index is 2.15. The van der Waals surface area contributed by atoms with E-state index in [1.165, 1.54) is 44.2 Å². The Kier molecular flexibility index (Phi) is 5.72. The minimum atomic E-state index is 0.702. The molecule has 0 radical (unpaired) electrons. The van der Waals surface area contributed by atoms with Crippen LogP contribution in [-0.4, -0.2) is 24.1 Å². The third kappa shape index (κ3) is 3.89. The number of rotatable bonds is 5. The molecule has 0 saturated carbocycles. The summed E-state index contributed by atoms with van der Waals surface area (Å²) in [4.78, 5) is 2.62. The Morgan fingerprint density at radius 1 is 1.25 bits per heavy atom. The van der Waals surface area contributed by atoms with Crippen LogP contribution in [0, 0.1) is 0 Å². The van der Waals surface area contributed by atoms with Gasteiger partial charge in [-0.15, -0.1) is 0 Å². The number of hydrogen-bond donors (Lipinski definition) is 1. The van der Waals surface area contributed by atoms with Gasteiger partial charge in [-0.2, -0.15) is 0 Å². The summed E-state index contributed by atoms with van der Waals surface area (Å²) in [6, 6.07) is 6.71. The van der Waals surface area contributed by atoms with Gasteiger partial charge in [0.25, 0.3) is 0 Å². The molecule has 20 heavy (non-hydrogen) atoms. The molecule has 1 atom stereocenters. The van der Waals surface area contributed by atoms with Crippen molar-refractivity contribution in [2.45, 2.75) is 58.5 Å². The monoisotopic (exact) mass is 276 g/mol. The Bertz CT molecular complexity index is 419. The lowest BCUT2D eigenvalue weighted by atomic mass is 10.1. The molecular formula is C17H28N2O. The van der Waals surface area contributed by atoms with Gasteiger partial charge in [0.15, 0.2) is 0 Å². The highest BCUT2D eigenvalue weighted by Gasteiger charge is 2.20. The van der Waals surface area contributed by atoms with E-state index in [0.29, 0.717) is 12.6 Å². The van der Waals surface area contributed by atoms with Gasteiger partial charge in [0.1, 0.15) is 5.75 Å². The van der Waals surface area contributed by atoms with E-state index in [-0.39, 0.29) is 0 Å². The fraction of sp³-hybridized carbons (Fsp3) is 0.647. The molecule has 1 saturated heterocycles. The van der Waals surface area contributed by atoms with Crippen molar-refractivity contribution in [3.8, 4) is 5.75 Å². The van der Waals surface area contributed by atoms with E-state index in [1.54, 1.807) is 0 Å². The van der Waals surface area contributed by atoms with E-state index in [1.807, 2.05) is 19.1 Å². The highest BCUT2D eigenvalue weighted by atomic mass is 16.5. The molecule has 1 heterocycles. The molecule has 0 amide bonds. The number of nitrogens with zero attached hydrogens (tertiary/aromatic N) is 1. The molecule has 0 aliphatic carbocycles. The van der Waals surface area contributed by atoms with Gasteiger partial charge in [-0.3, -0.25) is 4.90 Å². The number of hydrogen-bond acceptors (Lipinski definition) is 3. The molecule has 1 aliphatic heterocycles. The third-order valence-corrected chi connectivity index (χ3v) is 4.23. The average molecular weight is 276 g/mol. The summed E-state index contributed by atoms with van der Waals surface area (Å²) in [6.45, 7) is 7.18. The van der Waals surface area contributed by atoms with Crippen LogP contribution >= 0.6 is 0 Å². The number of benzene rings is 1. The summed E-state index contributed by atoms with van der Waals surface area (Å²) in [7, 11) is 0. The molecular weight excluding hydrogens is 248 g/mol. The zero-order chi connectivity index (χ0) is 14.4. The molecule has 1 aliphatic rings. The summed E-state index contributed by atoms with van der Waals surface area (Å²) in [5.41, 5.74) is 8.01. The molecule has 0 bridgehead atoms. The minimum Gasteiger partial charge on any atom is -0.494 e. The fourth-order valence-corrected chi connectivity index (χ4v) is 3.15. The Morgan fingerprint density at radius 3 is 2.85 bits per heavy atom. The van der Waals surface area contributed by atoms with Crippen LogP contribution in [0.3, 0.4) is 0 Å². The van der Waals surface area contributed by atoms with E-state index >= 15 is 0 Å². The molecule has 2 N–H and O–H groups in total. The van der Waals surface area contributed by atoms with Crippen LogP contribution in [0.25, 0.3) is 0 Å². The number of nitrogen functional groups attached to an aromatic ring is 1. The number of anilines is 1. The maximum absolute atomic E-state index is 5.95. The zero-order valence-corrected chi connectivity index (χ0v) is 12.9. The number of nitrogens with two attached hydrogens (primary N) is 1. The molecule has 1 aromatic rings. The lowest BCUT2D eigenvalue weighted by molar-refractivity contribution is 0.183. The van der Waals surface area contributed by atoms with Crippen molar-refractivity contribution in [3.05, 3.63) is 23.8 Å². The first kappa shape index (κ1) is 15.2. The predicted octanol–water partition coefficient (Wildman–Crippen LogP) is 3.82. The summed E-state index contributed by atoms with van der Waals surface area (Å²) in [6.07, 6.45) is 6.59. The second-order valence-corrected chi connectivity index (χ2v) is 5.68. The third-order valence-electron chi connectivity index (χ3n) is 4.23. The second kappa shape index (κ2) is 7.53. The van der Waals surface area contributed by atoms with Gasteiger partial charge in [-0.1, -0.05) is 19.8 Å². The molecule has 1 fully saturated rings. The van der Waals surface area contributed by atoms with Gasteiger partial charge < -0.3 is 10.5 Å². The predicted molar refractivity (Wildman–Crippen MR) is 85.0 cm³/mol. The molecule has 3 nitrogen and oxygen atoms in total. The normalized spacial score (nSPS) is 20.6. The van der Waals surface area contributed by atoms with Crippen LogP contribution in [0.2, 0.25) is 0 Å². The maximum atomic E-state index is 5.95. The Hall–Kier alpha value is -1.22. The van der Waals surface area contributed by atoms with Crippen molar-refractivity contribution in [1.82, 2.24) is 4.90 Å². The molecule has 1 unspecified atom stereocenters. The van der Waals surface area contributed by atoms with Crippen LogP contribution < -0.4 is 10.5 Å². The highest BCUT2D eigenvalue weighted by molar-refractivity contribution is 5.47. The quantitative estimate of drug-likeness (QED) is 0.831. The van der Waals surface area contributed by atoms with E-state index in [9.17, 15) is 0 Å². The lowest BCUT2D eigenvalue weighted by Crippen LogP contribution is -2.34. The molecule has 112 valence electrons. The van der Waals surface area contributed by atoms with Gasteiger partial charge >= 0.3 is 0 Å². The van der Waals surface area contributed by atoms with Crippen molar-refractivity contribution in [3.63, 3.8) is 0 Å². The summed E-state index contributed by atoms with van der Waals surface area (Å²) >= 11 is 0. The molecule has 3 heteroatoms. The Labute approximate surface area is 123 Å². The van der Waals surface area contributed by atoms with Crippen molar-refractivity contribution in [1.29, 1.82) is 0 Å². The van der Waals surface area contributed by atoms with Gasteiger partial charge in [0, 0.05) is 23.8 Å². The van der Waals surface area contributed by atoms with Crippen molar-refractivity contribution in [2.75, 3.05) is 18.9 Å². The van der Waals surface area contributed by atoms with Gasteiger partial charge in [0.05, 0.1) is 6.61 Å². The first-order valence-electron chi connectivity index (χ1n) is 7.99. The van der Waals surface area contributed by atoms with Crippen LogP contribution in [0.1, 0.15) is 51.5 Å². The SMILES string of the molecule is CCOc1ccc(N)cc1CN1CCCCCC1CC. The number of likely N-dealkylation sites (tertiary alicyclic amines) is 1. The average Bonchev–Trinajstić information content (AvgIpc) is 2.67. The van der Waals surface area contributed by atoms with Gasteiger partial charge in [-0.25, -0.2) is 0 Å². The highest BCUT2D eigenvalue weighted by Crippen LogP contribution is 2.27. The lowest BCUT2D eigenvalue weighted by Gasteiger charge is -2.29. The first-order chi connectivity index (χ1) is 9.74.